The molecule has 20 heteroatoms. The van der Waals surface area contributed by atoms with Crippen LogP contribution in [0.4, 0.5) is 5.13 Å². The molecule has 1 saturated carbocycles. The summed E-state index contributed by atoms with van der Waals surface area (Å²) in [6.45, 7) is 3.98. The molecule has 3 atom stereocenters. The number of nitrogen functional groups attached to an aromatic ring is 1. The molecule has 2 aliphatic heterocycles. The average Bonchev–Trinajstić information content (AvgIpc) is 3.44. The lowest BCUT2D eigenvalue weighted by Gasteiger charge is -2.50. The third-order valence-corrected chi connectivity index (χ3v) is 9.67. The number of aliphatic carboxylic acids is 1. The van der Waals surface area contributed by atoms with Crippen molar-refractivity contribution in [3.8, 4) is 5.75 Å². The van der Waals surface area contributed by atoms with Gasteiger partial charge in [-0.25, -0.2) is 9.78 Å². The van der Waals surface area contributed by atoms with E-state index in [-0.39, 0.29) is 29.1 Å². The smallest absolute Gasteiger partial charge is 0.418 e. The molecule has 0 unspecified atom stereocenters. The highest BCUT2D eigenvalue weighted by atomic mass is 32.3. The molecule has 8 N–H and O–H groups in total. The van der Waals surface area contributed by atoms with E-state index in [4.69, 9.17) is 25.3 Å². The number of benzene rings is 1. The molecule has 1 aliphatic carbocycles. The quantitative estimate of drug-likeness (QED) is 0.0510. The standard InChI is InChI=1S/C28H36N8O10S2/c1-27(2)21(24(38)36(27)46-48(41,42)43)34-23(37)20(17-12-47-26(30)33-17)35-45-28(3,25(39)40)19-8-6-13-9-14(5-7-18(13)44-19)22(29)32-16-10-15(11-16)31-4/h5,7,9,12,15-16,19,21,31H,6,8,10-11H2,1-4H3,(H2,29,32)(H2,30,33)(H,34,37)(H,39,40)(H,41,42,43)/b35-20-/t15-,16-,19-,21-,28+/m1/s1. The monoisotopic (exact) mass is 708 g/mol. The zero-order chi connectivity index (χ0) is 35.2. The molecule has 0 radical (unpaired) electrons. The van der Waals surface area contributed by atoms with Crippen LogP contribution in [0.15, 0.2) is 28.7 Å². The maximum atomic E-state index is 13.4. The zero-order valence-corrected chi connectivity index (χ0v) is 28.0. The molecular formula is C28H36N8O10S2. The zero-order valence-electron chi connectivity index (χ0n) is 26.3. The highest BCUT2D eigenvalue weighted by molar-refractivity contribution is 7.80. The van der Waals surface area contributed by atoms with E-state index in [0.29, 0.717) is 28.8 Å². The first-order valence-electron chi connectivity index (χ1n) is 14.8. The Balaban J connectivity index is 1.32. The predicted molar refractivity (Wildman–Crippen MR) is 171 cm³/mol. The van der Waals surface area contributed by atoms with Crippen LogP contribution < -0.4 is 26.4 Å². The molecular weight excluding hydrogens is 672 g/mol. The van der Waals surface area contributed by atoms with Gasteiger partial charge in [0.2, 0.25) is 0 Å². The van der Waals surface area contributed by atoms with Gasteiger partial charge in [0.15, 0.2) is 16.9 Å². The van der Waals surface area contributed by atoms with Gasteiger partial charge in [0.25, 0.3) is 17.4 Å². The lowest BCUT2D eigenvalue weighted by atomic mass is 9.84. The van der Waals surface area contributed by atoms with Crippen molar-refractivity contribution in [3.63, 3.8) is 0 Å². The molecule has 260 valence electrons. The van der Waals surface area contributed by atoms with Crippen molar-refractivity contribution in [2.75, 3.05) is 12.8 Å². The first-order chi connectivity index (χ1) is 22.4. The second kappa shape index (κ2) is 12.9. The lowest BCUT2D eigenvalue weighted by Crippen LogP contribution is -2.76. The summed E-state index contributed by atoms with van der Waals surface area (Å²) in [6.07, 6.45) is 1.38. The van der Waals surface area contributed by atoms with Crippen LogP contribution in [0.5, 0.6) is 5.75 Å². The number of aromatic nitrogens is 1. The number of rotatable bonds is 12. The lowest BCUT2D eigenvalue weighted by molar-refractivity contribution is -0.218. The molecule has 3 heterocycles. The number of nitrogens with zero attached hydrogens (tertiary/aromatic N) is 3. The number of carboxylic acid groups (broad SMARTS) is 1. The molecule has 2 amide bonds. The van der Waals surface area contributed by atoms with Crippen LogP contribution >= 0.6 is 11.3 Å². The molecule has 1 saturated heterocycles. The van der Waals surface area contributed by atoms with Crippen molar-refractivity contribution in [1.82, 2.24) is 26.0 Å². The van der Waals surface area contributed by atoms with Crippen molar-refractivity contribution in [2.24, 2.45) is 5.16 Å². The van der Waals surface area contributed by atoms with E-state index in [9.17, 15) is 27.9 Å². The Morgan fingerprint density at radius 1 is 1.27 bits per heavy atom. The minimum absolute atomic E-state index is 0.0593. The number of ether oxygens (including phenoxy) is 1. The molecule has 3 aliphatic rings. The number of amides is 2. The number of hydroxylamine groups is 2. The Hall–Kier alpha value is -4.37. The molecule has 48 heavy (non-hydrogen) atoms. The SMILES string of the molecule is CN[C@H]1C[C@H](NC(=N)c2ccc3c(c2)CC[C@H]([C@](C)(O/N=C(\C(=O)N[C@@H]2C(=O)N(OS(=O)(=O)O)C2(C)C)c2csc(N)n2)C(=O)O)O3)C1. The van der Waals surface area contributed by atoms with Gasteiger partial charge in [-0.3, -0.25) is 19.6 Å². The molecule has 18 nitrogen and oxygen atoms in total. The van der Waals surface area contributed by atoms with Crippen molar-refractivity contribution >= 4 is 56.2 Å². The largest absolute Gasteiger partial charge is 0.485 e. The van der Waals surface area contributed by atoms with Gasteiger partial charge in [-0.2, -0.15) is 13.5 Å². The highest BCUT2D eigenvalue weighted by Gasteiger charge is 2.58. The number of thiazole rings is 1. The summed E-state index contributed by atoms with van der Waals surface area (Å²) >= 11 is 0.965. The Morgan fingerprint density at radius 2 is 1.98 bits per heavy atom. The van der Waals surface area contributed by atoms with Crippen molar-refractivity contribution in [2.45, 2.75) is 81.8 Å². The van der Waals surface area contributed by atoms with Gasteiger partial charge >= 0.3 is 16.4 Å². The Labute approximate surface area is 279 Å². The number of anilines is 1. The van der Waals surface area contributed by atoms with E-state index in [1.165, 1.54) is 26.2 Å². The summed E-state index contributed by atoms with van der Waals surface area (Å²) in [5.74, 6) is -2.75. The van der Waals surface area contributed by atoms with E-state index in [1.807, 2.05) is 13.1 Å². The molecule has 5 rings (SSSR count). The van der Waals surface area contributed by atoms with E-state index >= 15 is 0 Å². The van der Waals surface area contributed by atoms with Gasteiger partial charge in [-0.15, -0.1) is 15.6 Å². The summed E-state index contributed by atoms with van der Waals surface area (Å²) in [6, 6.07) is 4.51. The fourth-order valence-corrected chi connectivity index (χ4v) is 6.59. The molecule has 2 fully saturated rings. The topological polar surface area (TPSA) is 268 Å². The van der Waals surface area contributed by atoms with Gasteiger partial charge in [0.1, 0.15) is 23.3 Å². The minimum atomic E-state index is -5.03. The third-order valence-electron chi connectivity index (χ3n) is 8.66. The van der Waals surface area contributed by atoms with E-state index < -0.39 is 57.2 Å². The third kappa shape index (κ3) is 6.92. The number of hydrogen-bond donors (Lipinski definition) is 7. The van der Waals surface area contributed by atoms with Gasteiger partial charge in [-0.1, -0.05) is 5.16 Å². The second-order valence-corrected chi connectivity index (χ2v) is 14.2. The predicted octanol–water partition coefficient (Wildman–Crippen LogP) is 0.188. The molecule has 1 aromatic carbocycles. The number of nitrogens with one attached hydrogen (secondary N) is 4. The number of oxime groups is 1. The van der Waals surface area contributed by atoms with Crippen molar-refractivity contribution < 1.29 is 46.3 Å². The Morgan fingerprint density at radius 3 is 2.56 bits per heavy atom. The summed E-state index contributed by atoms with van der Waals surface area (Å²) in [7, 11) is -3.12. The number of fused-ring (bicyclic) bond motifs is 1. The second-order valence-electron chi connectivity index (χ2n) is 12.4. The van der Waals surface area contributed by atoms with Gasteiger partial charge in [0.05, 0.1) is 5.54 Å². The van der Waals surface area contributed by atoms with Crippen LogP contribution in [-0.2, 0) is 40.3 Å². The van der Waals surface area contributed by atoms with E-state index in [1.54, 1.807) is 12.1 Å². The van der Waals surface area contributed by atoms with Crippen LogP contribution in [0.3, 0.4) is 0 Å². The fraction of sp³-hybridized carbons (Fsp3) is 0.500. The van der Waals surface area contributed by atoms with Crippen LogP contribution in [0.2, 0.25) is 0 Å². The maximum Gasteiger partial charge on any atom is 0.418 e. The fourth-order valence-electron chi connectivity index (χ4n) is 5.59. The van der Waals surface area contributed by atoms with Gasteiger partial charge in [0, 0.05) is 23.0 Å². The van der Waals surface area contributed by atoms with Gasteiger partial charge < -0.3 is 36.4 Å². The van der Waals surface area contributed by atoms with Gasteiger partial charge in [-0.05, 0) is 77.3 Å². The number of nitrogens with two attached hydrogens (primary N) is 1. The first kappa shape index (κ1) is 35.0. The highest BCUT2D eigenvalue weighted by Crippen LogP contribution is 2.35. The summed E-state index contributed by atoms with van der Waals surface area (Å²) in [4.78, 5) is 48.3. The van der Waals surface area contributed by atoms with Crippen molar-refractivity contribution in [1.29, 1.82) is 5.41 Å². The summed E-state index contributed by atoms with van der Waals surface area (Å²) < 4.78 is 41.7. The molecule has 0 bridgehead atoms. The number of amidine groups is 1. The molecule has 0 spiro atoms. The van der Waals surface area contributed by atoms with Crippen LogP contribution in [-0.4, -0.2) is 99.9 Å². The Kier molecular flexibility index (Phi) is 9.40. The van der Waals surface area contributed by atoms with E-state index in [2.05, 4.69) is 30.4 Å². The molecule has 2 aromatic rings. The Bertz CT molecular complexity index is 1770. The molecule has 1 aromatic heterocycles. The number of β-lactam (4-membered cyclic amide) rings is 1. The average molecular weight is 709 g/mol. The van der Waals surface area contributed by atoms with E-state index in [0.717, 1.165) is 29.7 Å². The van der Waals surface area contributed by atoms with Crippen LogP contribution in [0.1, 0.15) is 56.9 Å². The van der Waals surface area contributed by atoms with Crippen LogP contribution in [0, 0.1) is 5.41 Å². The number of aryl methyl sites for hydroxylation is 1. The number of carbonyl (C=O) groups excluding carboxylic acids is 2. The normalized spacial score (nSPS) is 24.6. The number of hydrogen-bond acceptors (Lipinski definition) is 14. The van der Waals surface area contributed by atoms with Crippen molar-refractivity contribution in [3.05, 3.63) is 40.4 Å². The number of carboxylic acids is 1. The van der Waals surface area contributed by atoms with Crippen LogP contribution in [0.25, 0.3) is 0 Å². The summed E-state index contributed by atoms with van der Waals surface area (Å²) in [5, 5.41) is 33.3. The summed E-state index contributed by atoms with van der Waals surface area (Å²) in [5.41, 5.74) is 3.05. The number of carbonyl (C=O) groups is 3. The maximum absolute atomic E-state index is 13.4. The minimum Gasteiger partial charge on any atom is -0.485 e. The first-order valence-corrected chi connectivity index (χ1v) is 17.0.